The lowest BCUT2D eigenvalue weighted by molar-refractivity contribution is -0.745. The first-order chi connectivity index (χ1) is 35.6. The lowest BCUT2D eigenvalue weighted by Gasteiger charge is -2.36. The van der Waals surface area contributed by atoms with Crippen molar-refractivity contribution in [3.63, 3.8) is 0 Å². The van der Waals surface area contributed by atoms with Crippen LogP contribution in [0.3, 0.4) is 0 Å². The number of nitrogens with zero attached hydrogens (tertiary/aromatic N) is 10. The summed E-state index contributed by atoms with van der Waals surface area (Å²) in [5.74, 6) is -0.705. The molecule has 414 valence electrons. The number of anilines is 3. The monoisotopic (exact) mass is 1160 g/mol. The van der Waals surface area contributed by atoms with E-state index in [1.54, 1.807) is 0 Å². The Morgan fingerprint density at radius 1 is 0.724 bits per heavy atom. The van der Waals surface area contributed by atoms with E-state index in [9.17, 15) is 67.8 Å². The van der Waals surface area contributed by atoms with Gasteiger partial charge in [0.25, 0.3) is 17.1 Å². The number of aromatic amines is 2. The summed E-state index contributed by atoms with van der Waals surface area (Å²) in [6.07, 6.45) is -15.2. The molecule has 16 N–H and O–H groups in total. The summed E-state index contributed by atoms with van der Waals surface area (Å²) in [6.45, 7) is -2.12. The van der Waals surface area contributed by atoms with Crippen molar-refractivity contribution in [1.82, 2.24) is 53.6 Å². The van der Waals surface area contributed by atoms with Gasteiger partial charge in [-0.3, -0.25) is 51.4 Å². The second-order valence-corrected chi connectivity index (χ2v) is 23.4. The van der Waals surface area contributed by atoms with Crippen molar-refractivity contribution in [3.8, 4) is 0 Å². The molecule has 0 radical (unpaired) electrons. The van der Waals surface area contributed by atoms with Crippen LogP contribution in [0.1, 0.15) is 25.6 Å². The van der Waals surface area contributed by atoms with Crippen LogP contribution in [0.4, 0.5) is 17.7 Å². The molecule has 0 aliphatic carbocycles. The first-order valence-electron chi connectivity index (χ1n) is 21.7. The average Bonchev–Trinajstić information content (AvgIpc) is 4.23. The van der Waals surface area contributed by atoms with Gasteiger partial charge in [0.15, 0.2) is 41.4 Å². The van der Waals surface area contributed by atoms with E-state index >= 15 is 0 Å². The molecular weight excluding hydrogens is 1110 g/mol. The van der Waals surface area contributed by atoms with Crippen molar-refractivity contribution in [2.45, 2.75) is 86.1 Å². The maximum atomic E-state index is 13.8. The lowest BCUT2D eigenvalue weighted by atomic mass is 9.94. The van der Waals surface area contributed by atoms with Gasteiger partial charge in [0.2, 0.25) is 17.7 Å². The molecule has 4 saturated heterocycles. The third-order valence-electron chi connectivity index (χ3n) is 12.5. The summed E-state index contributed by atoms with van der Waals surface area (Å²) >= 11 is 0. The molecule has 0 saturated carbocycles. The second-order valence-electron chi connectivity index (χ2n) is 17.3. The number of nitrogen functional groups attached to an aromatic ring is 3. The molecule has 4 fully saturated rings. The topological polar surface area (TPSA) is 562 Å². The van der Waals surface area contributed by atoms with Gasteiger partial charge in [-0.05, 0) is 6.92 Å². The number of aliphatic hydroxyl groups excluding tert-OH is 4. The Balaban J connectivity index is 0.821. The van der Waals surface area contributed by atoms with Crippen LogP contribution in [0, 0.1) is 0 Å². The summed E-state index contributed by atoms with van der Waals surface area (Å²) < 4.78 is 111. The number of H-pyrrole nitrogens is 2. The Morgan fingerprint density at radius 3 is 2.04 bits per heavy atom. The lowest BCUT2D eigenvalue weighted by Crippen LogP contribution is -2.50. The SMILES string of the molecule is C[C@@H]1O[C@H]2[C@H](n3cnc4c(N)ncnc43)O[C@]1(COP(=O)(O)OP(=O)(O)OP(=O)(O)OC[C@@H]1O[C@H]([n+]3cn(C)c4c(=O)[nH]c(N)nc43)[C@@H](O)[C@H]1O)[C@H]2OP(=O)(O)OC[C@H]1O[C@@H](n2cnc3c(=O)[nH]c(N)nc32)[C@H](O)[C@@H]1O. The zero-order valence-corrected chi connectivity index (χ0v) is 42.0. The highest BCUT2D eigenvalue weighted by Gasteiger charge is 2.69. The van der Waals surface area contributed by atoms with Gasteiger partial charge < -0.3 is 76.1 Å². The molecule has 10 heterocycles. The first kappa shape index (κ1) is 54.2. The molecular formula is C33H44N15O24P4+. The molecule has 6 aromatic heterocycles. The molecule has 0 aromatic carbocycles. The third-order valence-corrected chi connectivity index (χ3v) is 17.7. The van der Waals surface area contributed by atoms with Crippen LogP contribution >= 0.6 is 31.3 Å². The molecule has 17 atom stereocenters. The summed E-state index contributed by atoms with van der Waals surface area (Å²) in [7, 11) is -22.1. The molecule has 0 spiro atoms. The van der Waals surface area contributed by atoms with Gasteiger partial charge in [0.05, 0.1) is 45.6 Å². The summed E-state index contributed by atoms with van der Waals surface area (Å²) in [6, 6.07) is 0. The van der Waals surface area contributed by atoms with Crippen LogP contribution in [0.15, 0.2) is 34.9 Å². The molecule has 4 aliphatic heterocycles. The molecule has 4 aliphatic rings. The number of phosphoric ester groups is 3. The number of nitrogens with one attached hydrogen (secondary N) is 2. The highest BCUT2D eigenvalue weighted by molar-refractivity contribution is 7.66. The number of ether oxygens (including phenoxy) is 4. The number of aliphatic hydroxyl groups is 4. The van der Waals surface area contributed by atoms with Gasteiger partial charge in [0.1, 0.15) is 66.3 Å². The van der Waals surface area contributed by atoms with Crippen LogP contribution in [-0.2, 0) is 71.0 Å². The number of hydrogen-bond acceptors (Lipinski definition) is 29. The third kappa shape index (κ3) is 9.80. The van der Waals surface area contributed by atoms with Crippen LogP contribution in [-0.4, -0.2) is 174 Å². The van der Waals surface area contributed by atoms with Crippen molar-refractivity contribution >= 4 is 82.5 Å². The first-order valence-corrected chi connectivity index (χ1v) is 27.7. The van der Waals surface area contributed by atoms with Crippen LogP contribution in [0.2, 0.25) is 0 Å². The fraction of sp³-hybridized carbons (Fsp3) is 0.545. The average molecular weight is 1160 g/mol. The fourth-order valence-corrected chi connectivity index (χ4v) is 13.6. The number of nitrogens with two attached hydrogens (primary N) is 3. The smallest absolute Gasteiger partial charge is 0.387 e. The molecule has 0 amide bonds. The van der Waals surface area contributed by atoms with E-state index in [2.05, 4.69) is 48.5 Å². The normalized spacial score (nSPS) is 32.8. The van der Waals surface area contributed by atoms with E-state index in [4.69, 9.17) is 54.2 Å². The summed E-state index contributed by atoms with van der Waals surface area (Å²) in [4.78, 5) is 96.2. The summed E-state index contributed by atoms with van der Waals surface area (Å²) in [5, 5.41) is 43.3. The van der Waals surface area contributed by atoms with E-state index in [-0.39, 0.29) is 51.2 Å². The predicted molar refractivity (Wildman–Crippen MR) is 241 cm³/mol. The number of imidazole rings is 3. The van der Waals surface area contributed by atoms with Gasteiger partial charge in [-0.1, -0.05) is 4.98 Å². The van der Waals surface area contributed by atoms with Crippen LogP contribution in [0.5, 0.6) is 0 Å². The maximum Gasteiger partial charge on any atom is 0.490 e. The Kier molecular flexibility index (Phi) is 13.8. The minimum Gasteiger partial charge on any atom is -0.387 e. The molecule has 6 aromatic rings. The van der Waals surface area contributed by atoms with E-state index in [0.29, 0.717) is 0 Å². The van der Waals surface area contributed by atoms with E-state index in [1.807, 2.05) is 0 Å². The Labute approximate surface area is 420 Å². The number of rotatable bonds is 18. The zero-order chi connectivity index (χ0) is 54.8. The second kappa shape index (κ2) is 19.3. The minimum absolute atomic E-state index is 0.0211. The molecule has 76 heavy (non-hydrogen) atoms. The van der Waals surface area contributed by atoms with Crippen molar-refractivity contribution < 1.29 is 108 Å². The number of fused-ring (bicyclic) bond motifs is 5. The maximum absolute atomic E-state index is 13.8. The van der Waals surface area contributed by atoms with Gasteiger partial charge in [-0.15, -0.1) is 0 Å². The zero-order valence-electron chi connectivity index (χ0n) is 38.5. The van der Waals surface area contributed by atoms with Gasteiger partial charge >= 0.3 is 36.9 Å². The molecule has 39 nitrogen and oxygen atoms in total. The Bertz CT molecular complexity index is 3580. The Morgan fingerprint density at radius 2 is 1.33 bits per heavy atom. The highest BCUT2D eigenvalue weighted by Crippen LogP contribution is 2.68. The number of aryl methyl sites for hydroxylation is 1. The van der Waals surface area contributed by atoms with Gasteiger partial charge in [-0.25, -0.2) is 42.8 Å². The standard InChI is InChI=1S/C33H43N15O24P4/c1-10-33(5-65-75(59,60)72-76(61,62)71-74(57,58)64-4-12-17(50)19(52)29(68-12)48-9-45(2)15-25(48)42-32(36)44-27(15)54)21(20(66-10)30(69-33)46-7-39-13-22(34)37-6-38-23(13)46)70-73(55,56)63-3-11-16(49)18(51)28(67-11)47-8-40-14-24(47)41-31(35)43-26(14)53/h6-12,16-21,28-30,49-52H,3-5H2,1-2H3,(H11-,34,35,36,37,38,41,42,43,44,53,54,55,56,57,58,59,60,61,62)/p+1/t10-,11+,12-,16+,17-,18+,19-,20+,21-,28+,29-,30+,33-/m0/s1. The Hall–Kier alpha value is -5.15. The minimum atomic E-state index is -6.23. The van der Waals surface area contributed by atoms with Crippen molar-refractivity contribution in [3.05, 3.63) is 46.0 Å². The number of hydrogen-bond donors (Lipinski definition) is 13. The van der Waals surface area contributed by atoms with E-state index < -0.39 is 141 Å². The number of phosphoric acid groups is 4. The number of aromatic nitrogens is 12. The molecule has 2 bridgehead atoms. The fourth-order valence-electron chi connectivity index (χ4n) is 9.05. The van der Waals surface area contributed by atoms with Crippen LogP contribution < -0.4 is 32.9 Å². The van der Waals surface area contributed by atoms with Gasteiger partial charge in [0, 0.05) is 0 Å². The van der Waals surface area contributed by atoms with Crippen molar-refractivity contribution in [1.29, 1.82) is 0 Å². The van der Waals surface area contributed by atoms with Gasteiger partial charge in [-0.2, -0.15) is 13.6 Å². The van der Waals surface area contributed by atoms with Crippen molar-refractivity contribution in [2.75, 3.05) is 37.0 Å². The molecule has 4 unspecified atom stereocenters. The van der Waals surface area contributed by atoms with E-state index in [0.717, 1.165) is 28.1 Å². The largest absolute Gasteiger partial charge is 0.490 e. The van der Waals surface area contributed by atoms with Crippen LogP contribution in [0.25, 0.3) is 33.5 Å². The highest BCUT2D eigenvalue weighted by atomic mass is 31.3. The van der Waals surface area contributed by atoms with Crippen molar-refractivity contribution in [2.24, 2.45) is 7.05 Å². The molecule has 43 heteroatoms. The molecule has 10 rings (SSSR count). The predicted octanol–water partition coefficient (Wildman–Crippen LogP) is -4.57. The quantitative estimate of drug-likeness (QED) is 0.0285. The van der Waals surface area contributed by atoms with E-state index in [1.165, 1.54) is 29.4 Å². The summed E-state index contributed by atoms with van der Waals surface area (Å²) in [5.41, 5.74) is 13.2.